The van der Waals surface area contributed by atoms with Crippen LogP contribution >= 0.6 is 0 Å². The number of amides is 1. The number of carbonyl (C=O) groups is 1. The number of hydrogen-bond acceptors (Lipinski definition) is 11. The molecule has 1 fully saturated rings. The summed E-state index contributed by atoms with van der Waals surface area (Å²) in [5.74, 6) is 1.06. The van der Waals surface area contributed by atoms with Gasteiger partial charge in [-0.15, -0.1) is 0 Å². The van der Waals surface area contributed by atoms with Crippen molar-refractivity contribution in [2.24, 2.45) is 0 Å². The van der Waals surface area contributed by atoms with Crippen molar-refractivity contribution in [3.63, 3.8) is 0 Å². The molecule has 0 radical (unpaired) electrons. The van der Waals surface area contributed by atoms with Gasteiger partial charge in [0.15, 0.2) is 18.2 Å². The molecule has 12 heteroatoms. The second-order valence-electron chi connectivity index (χ2n) is 9.18. The van der Waals surface area contributed by atoms with Crippen molar-refractivity contribution in [1.82, 2.24) is 25.2 Å². The largest absolute Gasteiger partial charge is 0.481 e. The SMILES string of the molecule is COc1ccc2ncc(C#N)c(CCN3C[C@H](O)[C@](O)(CNCc4ccc5c(n4)NC(=O)CO5)C3)c2n1. The van der Waals surface area contributed by atoms with Crippen LogP contribution in [0.25, 0.3) is 11.0 Å². The van der Waals surface area contributed by atoms with Gasteiger partial charge in [-0.2, -0.15) is 5.26 Å². The number of nitriles is 1. The maximum Gasteiger partial charge on any atom is 0.263 e. The van der Waals surface area contributed by atoms with E-state index in [4.69, 9.17) is 9.47 Å². The zero-order valence-corrected chi connectivity index (χ0v) is 20.3. The highest BCUT2D eigenvalue weighted by molar-refractivity contribution is 5.94. The summed E-state index contributed by atoms with van der Waals surface area (Å²) in [5, 5.41) is 37.2. The third-order valence-corrected chi connectivity index (χ3v) is 6.62. The molecule has 0 unspecified atom stereocenters. The van der Waals surface area contributed by atoms with E-state index in [9.17, 15) is 20.3 Å². The van der Waals surface area contributed by atoms with E-state index in [0.29, 0.717) is 65.8 Å². The lowest BCUT2D eigenvalue weighted by Crippen LogP contribution is -2.50. The van der Waals surface area contributed by atoms with Crippen LogP contribution in [0, 0.1) is 11.3 Å². The molecule has 5 heterocycles. The Hall–Kier alpha value is -3.89. The number of aromatic nitrogens is 3. The molecular weight excluding hydrogens is 478 g/mol. The average molecular weight is 506 g/mol. The van der Waals surface area contributed by atoms with Gasteiger partial charge in [0.1, 0.15) is 11.7 Å². The predicted molar refractivity (Wildman–Crippen MR) is 132 cm³/mol. The van der Waals surface area contributed by atoms with Gasteiger partial charge in [0.2, 0.25) is 5.88 Å². The number of ether oxygens (including phenoxy) is 2. The summed E-state index contributed by atoms with van der Waals surface area (Å²) in [7, 11) is 1.53. The molecule has 0 aromatic carbocycles. The van der Waals surface area contributed by atoms with Crippen LogP contribution < -0.4 is 20.1 Å². The molecule has 37 heavy (non-hydrogen) atoms. The highest BCUT2D eigenvalue weighted by Gasteiger charge is 2.43. The maximum atomic E-state index is 11.5. The van der Waals surface area contributed by atoms with Crippen molar-refractivity contribution in [3.8, 4) is 17.7 Å². The van der Waals surface area contributed by atoms with Crippen LogP contribution in [0.5, 0.6) is 11.6 Å². The average Bonchev–Trinajstić information content (AvgIpc) is 3.19. The number of fused-ring (bicyclic) bond motifs is 2. The number of β-amino-alcohol motifs (C(OH)–C–C–N with tert-alkyl or cyclic N) is 2. The van der Waals surface area contributed by atoms with Crippen molar-refractivity contribution in [2.45, 2.75) is 24.7 Å². The molecule has 1 saturated heterocycles. The molecule has 3 aromatic heterocycles. The Bertz CT molecular complexity index is 1380. The van der Waals surface area contributed by atoms with Crippen LogP contribution in [0.15, 0.2) is 30.5 Å². The number of aliphatic hydroxyl groups excluding tert-OH is 1. The summed E-state index contributed by atoms with van der Waals surface area (Å²) in [6.07, 6.45) is 1.08. The van der Waals surface area contributed by atoms with Crippen LogP contribution in [-0.2, 0) is 17.8 Å². The maximum absolute atomic E-state index is 11.5. The van der Waals surface area contributed by atoms with Crippen molar-refractivity contribution >= 4 is 22.8 Å². The van der Waals surface area contributed by atoms with Gasteiger partial charge in [-0.1, -0.05) is 0 Å². The predicted octanol–water partition coefficient (Wildman–Crippen LogP) is -0.0241. The summed E-state index contributed by atoms with van der Waals surface area (Å²) in [4.78, 5) is 26.7. The number of pyridine rings is 3. The first kappa shape index (κ1) is 24.8. The first-order chi connectivity index (χ1) is 17.9. The Morgan fingerprint density at radius 2 is 2.22 bits per heavy atom. The molecule has 12 nitrogen and oxygen atoms in total. The molecule has 1 amide bonds. The Kier molecular flexibility index (Phi) is 6.86. The Morgan fingerprint density at radius 1 is 1.35 bits per heavy atom. The third kappa shape index (κ3) is 5.16. The molecule has 4 N–H and O–H groups in total. The van der Waals surface area contributed by atoms with Crippen molar-refractivity contribution in [1.29, 1.82) is 5.26 Å². The lowest BCUT2D eigenvalue weighted by molar-refractivity contribution is -0.118. The van der Waals surface area contributed by atoms with Crippen LogP contribution in [0.3, 0.4) is 0 Å². The first-order valence-electron chi connectivity index (χ1n) is 11.9. The summed E-state index contributed by atoms with van der Waals surface area (Å²) in [6.45, 7) is 1.50. The number of carbonyl (C=O) groups excluding carboxylic acids is 1. The van der Waals surface area contributed by atoms with Crippen LogP contribution in [-0.4, -0.2) is 87.6 Å². The van der Waals surface area contributed by atoms with Gasteiger partial charge in [-0.05, 0) is 24.6 Å². The lowest BCUT2D eigenvalue weighted by atomic mass is 10.0. The molecule has 0 aliphatic carbocycles. The minimum atomic E-state index is -1.36. The van der Waals surface area contributed by atoms with Gasteiger partial charge < -0.3 is 30.3 Å². The summed E-state index contributed by atoms with van der Waals surface area (Å²) in [5.41, 5.74) is 1.76. The van der Waals surface area contributed by atoms with E-state index in [1.54, 1.807) is 24.3 Å². The van der Waals surface area contributed by atoms with Gasteiger partial charge in [0, 0.05) is 50.6 Å². The van der Waals surface area contributed by atoms with E-state index in [2.05, 4.69) is 31.7 Å². The van der Waals surface area contributed by atoms with Crippen LogP contribution in [0.4, 0.5) is 5.82 Å². The Balaban J connectivity index is 1.21. The third-order valence-electron chi connectivity index (χ3n) is 6.62. The standard InChI is InChI=1S/C25H27N7O5/c1-36-22-5-3-18-23(31-22)17(15(8-26)9-28-18)6-7-32-11-20(33)25(35,14-32)13-27-10-16-2-4-19-24(29-16)30-21(34)12-37-19/h2-5,9,20,27,33,35H,6-7,10-14H2,1H3,(H,29,30,34)/t20-,25-/m0/s1. The molecule has 2 atom stereocenters. The Labute approximate surface area is 212 Å². The molecular formula is C25H27N7O5. The topological polar surface area (TPSA) is 166 Å². The number of nitrogens with zero attached hydrogens (tertiary/aromatic N) is 5. The lowest BCUT2D eigenvalue weighted by Gasteiger charge is -2.26. The molecule has 5 rings (SSSR count). The molecule has 2 aliphatic heterocycles. The normalized spacial score (nSPS) is 21.2. The molecule has 192 valence electrons. The zero-order chi connectivity index (χ0) is 26.0. The smallest absolute Gasteiger partial charge is 0.263 e. The first-order valence-corrected chi connectivity index (χ1v) is 11.9. The summed E-state index contributed by atoms with van der Waals surface area (Å²) in [6, 6.07) is 9.22. The highest BCUT2D eigenvalue weighted by atomic mass is 16.5. The molecule has 0 spiro atoms. The van der Waals surface area contributed by atoms with Crippen LogP contribution in [0.1, 0.15) is 16.8 Å². The van der Waals surface area contributed by atoms with Crippen molar-refractivity contribution < 1.29 is 24.5 Å². The fourth-order valence-corrected chi connectivity index (χ4v) is 4.66. The molecule has 0 bridgehead atoms. The molecule has 3 aromatic rings. The summed E-state index contributed by atoms with van der Waals surface area (Å²) >= 11 is 0. The van der Waals surface area contributed by atoms with E-state index >= 15 is 0 Å². The number of aliphatic hydroxyl groups is 2. The number of anilines is 1. The molecule has 0 saturated carbocycles. The minimum Gasteiger partial charge on any atom is -0.481 e. The molecule has 2 aliphatic rings. The fourth-order valence-electron chi connectivity index (χ4n) is 4.66. The van der Waals surface area contributed by atoms with Crippen molar-refractivity contribution in [2.75, 3.05) is 45.2 Å². The van der Waals surface area contributed by atoms with Crippen LogP contribution in [0.2, 0.25) is 0 Å². The van der Waals surface area contributed by atoms with E-state index in [1.807, 2.05) is 4.90 Å². The second kappa shape index (κ2) is 10.2. The number of rotatable bonds is 8. The number of likely N-dealkylation sites (tertiary alicyclic amines) is 1. The van der Waals surface area contributed by atoms with E-state index in [1.165, 1.54) is 13.3 Å². The monoisotopic (exact) mass is 505 g/mol. The second-order valence-corrected chi connectivity index (χ2v) is 9.18. The van der Waals surface area contributed by atoms with Gasteiger partial charge >= 0.3 is 0 Å². The fraction of sp³-hybridized carbons (Fsp3) is 0.400. The van der Waals surface area contributed by atoms with E-state index in [0.717, 1.165) is 5.56 Å². The zero-order valence-electron chi connectivity index (χ0n) is 20.3. The van der Waals surface area contributed by atoms with E-state index in [-0.39, 0.29) is 25.6 Å². The minimum absolute atomic E-state index is 0.0341. The number of nitrogens with one attached hydrogen (secondary N) is 2. The van der Waals surface area contributed by atoms with E-state index < -0.39 is 11.7 Å². The van der Waals surface area contributed by atoms with Gasteiger partial charge in [0.05, 0.1) is 35.5 Å². The van der Waals surface area contributed by atoms with Gasteiger partial charge in [-0.3, -0.25) is 14.7 Å². The number of hydrogen-bond donors (Lipinski definition) is 4. The quantitative estimate of drug-likeness (QED) is 0.325. The summed E-state index contributed by atoms with van der Waals surface area (Å²) < 4.78 is 10.6. The highest BCUT2D eigenvalue weighted by Crippen LogP contribution is 2.27. The van der Waals surface area contributed by atoms with Gasteiger partial charge in [0.25, 0.3) is 5.91 Å². The van der Waals surface area contributed by atoms with Crippen molar-refractivity contribution in [3.05, 3.63) is 47.3 Å². The Morgan fingerprint density at radius 3 is 3.03 bits per heavy atom. The van der Waals surface area contributed by atoms with Gasteiger partial charge in [-0.25, -0.2) is 9.97 Å². The number of methoxy groups -OCH3 is 1.